The molecule has 6 aromatic rings. The first-order valence-corrected chi connectivity index (χ1v) is 21.3. The minimum Gasteiger partial charge on any atom is -0.394 e. The maximum atomic E-state index is 13.5. The standard InChI is InChI=1S/C30H37N15O14P2/c31-24-21-26(36-7-34-24)43(9-38-21)18-1-12(47)16(56-18)5-53-60(49,50)59-14-3-19(44-10-39-22-25(32)35-8-37-27(22)44)57-17(14)6-54-61(51,52)58-13-2-20(55-15(13)4-46)45-11-40-23-28(45)41-30(33)42-29(23)48/h7-20,46-47H,1-6H2,(H,49,50)(H,51,52)(H2,31,34,36)(H2,32,35,37)(H3,33,41,42,48)/t12-,13-,14-,15+,16+,17+,18+,19+,20+/m0/s1. The highest BCUT2D eigenvalue weighted by Crippen LogP contribution is 2.52. The van der Waals surface area contributed by atoms with Gasteiger partial charge >= 0.3 is 15.6 Å². The monoisotopic (exact) mass is 893 g/mol. The molecule has 2 unspecified atom stereocenters. The molecule has 0 saturated carbocycles. The number of imidazole rings is 3. The summed E-state index contributed by atoms with van der Waals surface area (Å²) in [5.74, 6) is 0.0391. The molecule has 0 bridgehead atoms. The average molecular weight is 894 g/mol. The van der Waals surface area contributed by atoms with Crippen LogP contribution in [0.25, 0.3) is 33.5 Å². The summed E-state index contributed by atoms with van der Waals surface area (Å²) in [6.07, 6.45) is -3.77. The lowest BCUT2D eigenvalue weighted by Crippen LogP contribution is -2.31. The number of phosphoric acid groups is 2. The Labute approximate surface area is 340 Å². The van der Waals surface area contributed by atoms with Crippen molar-refractivity contribution in [1.29, 1.82) is 0 Å². The van der Waals surface area contributed by atoms with E-state index in [0.717, 1.165) is 0 Å². The molecule has 29 nitrogen and oxygen atoms in total. The van der Waals surface area contributed by atoms with E-state index in [-0.39, 0.29) is 59.2 Å². The van der Waals surface area contributed by atoms with Gasteiger partial charge in [0, 0.05) is 19.3 Å². The third kappa shape index (κ3) is 8.07. The molecule has 326 valence electrons. The van der Waals surface area contributed by atoms with Gasteiger partial charge in [-0.2, -0.15) is 4.98 Å². The van der Waals surface area contributed by atoms with Crippen LogP contribution in [0.4, 0.5) is 17.6 Å². The normalized spacial score (nSPS) is 28.9. The molecule has 11 atom stereocenters. The predicted octanol–water partition coefficient (Wildman–Crippen LogP) is -1.23. The second-order valence-corrected chi connectivity index (χ2v) is 16.9. The van der Waals surface area contributed by atoms with Crippen molar-refractivity contribution >= 4 is 66.7 Å². The van der Waals surface area contributed by atoms with Crippen LogP contribution in [0, 0.1) is 0 Å². The average Bonchev–Trinajstić information content (AvgIpc) is 4.06. The Kier molecular flexibility index (Phi) is 10.8. The number of nitrogens with two attached hydrogens (primary N) is 3. The summed E-state index contributed by atoms with van der Waals surface area (Å²) in [7, 11) is -10.0. The second-order valence-electron chi connectivity index (χ2n) is 14.1. The van der Waals surface area contributed by atoms with Crippen LogP contribution in [-0.4, -0.2) is 135 Å². The van der Waals surface area contributed by atoms with Gasteiger partial charge in [-0.3, -0.25) is 41.6 Å². The number of anilines is 3. The van der Waals surface area contributed by atoms with Crippen molar-refractivity contribution in [3.63, 3.8) is 0 Å². The number of nitrogens with zero attached hydrogens (tertiary/aromatic N) is 11. The topological polar surface area (TPSA) is 408 Å². The van der Waals surface area contributed by atoms with Gasteiger partial charge in [0.15, 0.2) is 34.1 Å². The number of ether oxygens (including phenoxy) is 3. The molecule has 31 heteroatoms. The Bertz CT molecular complexity index is 2750. The molecule has 3 fully saturated rings. The van der Waals surface area contributed by atoms with Gasteiger partial charge in [-0.15, -0.1) is 0 Å². The SMILES string of the molecule is Nc1nc2c(ncn2[C@H]2C[C@H](OP(=O)(O)OC[C@H]3O[C@@H](n4cnc5c(N)ncnc54)C[C@@H]3OP(=O)(O)OC[C@H]3O[C@@H](n4cnc5c(N)ncnc54)C[C@@H]3O)[C@@H](CO)O2)c(=O)[nH]1. The van der Waals surface area contributed by atoms with E-state index >= 15 is 0 Å². The molecule has 3 aliphatic heterocycles. The molecule has 9 heterocycles. The predicted molar refractivity (Wildman–Crippen MR) is 202 cm³/mol. The van der Waals surface area contributed by atoms with Crippen molar-refractivity contribution in [2.45, 2.75) is 74.6 Å². The first-order valence-electron chi connectivity index (χ1n) is 18.3. The molecule has 0 aliphatic carbocycles. The largest absolute Gasteiger partial charge is 0.472 e. The molecule has 3 saturated heterocycles. The number of aliphatic hydroxyl groups excluding tert-OH is 2. The number of fused-ring (bicyclic) bond motifs is 3. The Morgan fingerprint density at radius 2 is 1.16 bits per heavy atom. The van der Waals surface area contributed by atoms with Crippen LogP contribution < -0.4 is 22.8 Å². The van der Waals surface area contributed by atoms with E-state index in [9.17, 15) is 33.9 Å². The number of nitrogen functional groups attached to an aromatic ring is 3. The summed E-state index contributed by atoms with van der Waals surface area (Å²) in [5.41, 5.74) is 18.1. The van der Waals surface area contributed by atoms with Gasteiger partial charge in [0.05, 0.1) is 44.9 Å². The van der Waals surface area contributed by atoms with Crippen LogP contribution >= 0.6 is 15.6 Å². The molecular weight excluding hydrogens is 856 g/mol. The van der Waals surface area contributed by atoms with Gasteiger partial charge in [0.25, 0.3) is 5.56 Å². The van der Waals surface area contributed by atoms with Crippen LogP contribution in [0.15, 0.2) is 36.4 Å². The van der Waals surface area contributed by atoms with Crippen LogP contribution in [0.5, 0.6) is 0 Å². The van der Waals surface area contributed by atoms with Gasteiger partial charge < -0.3 is 51.4 Å². The molecule has 0 spiro atoms. The highest BCUT2D eigenvalue weighted by Gasteiger charge is 2.46. The van der Waals surface area contributed by atoms with Crippen LogP contribution in [0.2, 0.25) is 0 Å². The fraction of sp³-hybridized carbons (Fsp3) is 0.500. The van der Waals surface area contributed by atoms with Crippen LogP contribution in [-0.2, 0) is 41.4 Å². The summed E-state index contributed by atoms with van der Waals surface area (Å²) in [6, 6.07) is 0. The summed E-state index contributed by atoms with van der Waals surface area (Å²) < 4.78 is 70.8. The van der Waals surface area contributed by atoms with E-state index < -0.39 is 96.3 Å². The molecule has 0 radical (unpaired) electrons. The van der Waals surface area contributed by atoms with Gasteiger partial charge in [-0.25, -0.2) is 44.0 Å². The zero-order valence-electron chi connectivity index (χ0n) is 31.2. The number of nitrogens with one attached hydrogen (secondary N) is 1. The van der Waals surface area contributed by atoms with Crippen molar-refractivity contribution in [1.82, 2.24) is 58.6 Å². The first kappa shape index (κ1) is 41.2. The lowest BCUT2D eigenvalue weighted by atomic mass is 10.2. The number of rotatable bonds is 14. The summed E-state index contributed by atoms with van der Waals surface area (Å²) in [6.45, 7) is -1.97. The molecule has 6 aromatic heterocycles. The molecule has 11 N–H and O–H groups in total. The van der Waals surface area contributed by atoms with Crippen molar-refractivity contribution in [2.75, 3.05) is 37.0 Å². The maximum absolute atomic E-state index is 13.5. The van der Waals surface area contributed by atoms with E-state index in [0.29, 0.717) is 11.2 Å². The Balaban J connectivity index is 0.878. The minimum absolute atomic E-state index is 0.0392. The molecule has 3 aliphatic rings. The van der Waals surface area contributed by atoms with Crippen LogP contribution in [0.3, 0.4) is 0 Å². The third-order valence-electron chi connectivity index (χ3n) is 10.2. The first-order chi connectivity index (χ1) is 29.2. The highest BCUT2D eigenvalue weighted by atomic mass is 31.2. The van der Waals surface area contributed by atoms with Gasteiger partial charge in [-0.1, -0.05) is 0 Å². The second kappa shape index (κ2) is 16.0. The number of hydrogen-bond donors (Lipinski definition) is 8. The fourth-order valence-electron chi connectivity index (χ4n) is 7.37. The molecule has 9 rings (SSSR count). The summed E-state index contributed by atoms with van der Waals surface area (Å²) in [5, 5.41) is 20.8. The lowest BCUT2D eigenvalue weighted by Gasteiger charge is -2.24. The Morgan fingerprint density at radius 1 is 0.689 bits per heavy atom. The number of aromatic nitrogens is 12. The zero-order valence-corrected chi connectivity index (χ0v) is 33.0. The van der Waals surface area contributed by atoms with Crippen molar-refractivity contribution < 1.29 is 61.4 Å². The van der Waals surface area contributed by atoms with E-state index in [1.807, 2.05) is 0 Å². The van der Waals surface area contributed by atoms with E-state index in [4.69, 9.17) is 49.5 Å². The quantitative estimate of drug-likeness (QED) is 0.0593. The van der Waals surface area contributed by atoms with E-state index in [1.165, 1.54) is 45.3 Å². The number of H-pyrrole nitrogens is 1. The fourth-order valence-corrected chi connectivity index (χ4v) is 9.29. The van der Waals surface area contributed by atoms with Crippen molar-refractivity contribution in [3.8, 4) is 0 Å². The summed E-state index contributed by atoms with van der Waals surface area (Å²) >= 11 is 0. The third-order valence-corrected chi connectivity index (χ3v) is 12.3. The maximum Gasteiger partial charge on any atom is 0.472 e. The molecule has 0 aromatic carbocycles. The molecular formula is C30H37N15O14P2. The van der Waals surface area contributed by atoms with Crippen molar-refractivity contribution in [2.24, 2.45) is 0 Å². The lowest BCUT2D eigenvalue weighted by molar-refractivity contribution is -0.0599. The van der Waals surface area contributed by atoms with E-state index in [2.05, 4.69) is 44.9 Å². The van der Waals surface area contributed by atoms with E-state index in [1.54, 1.807) is 0 Å². The minimum atomic E-state index is -5.02. The van der Waals surface area contributed by atoms with Crippen LogP contribution in [0.1, 0.15) is 37.9 Å². The number of phosphoric ester groups is 2. The van der Waals surface area contributed by atoms with Gasteiger partial charge in [-0.05, 0) is 0 Å². The molecule has 61 heavy (non-hydrogen) atoms. The Morgan fingerprint density at radius 3 is 1.74 bits per heavy atom. The van der Waals surface area contributed by atoms with Gasteiger partial charge in [0.2, 0.25) is 5.95 Å². The smallest absolute Gasteiger partial charge is 0.394 e. The highest BCUT2D eigenvalue weighted by molar-refractivity contribution is 7.47. The summed E-state index contributed by atoms with van der Waals surface area (Å²) in [4.78, 5) is 69.2. The molecule has 0 amide bonds. The zero-order chi connectivity index (χ0) is 42.8. The number of hydrogen-bond acceptors (Lipinski definition) is 23. The number of aromatic amines is 1. The van der Waals surface area contributed by atoms with Gasteiger partial charge in [0.1, 0.15) is 72.9 Å². The van der Waals surface area contributed by atoms with Crippen molar-refractivity contribution in [3.05, 3.63) is 42.0 Å². The Hall–Kier alpha value is -5.13. The number of aliphatic hydroxyl groups is 2.